The van der Waals surface area contributed by atoms with Gasteiger partial charge in [0.25, 0.3) is 0 Å². The minimum Gasteiger partial charge on any atom is -0.378 e. The van der Waals surface area contributed by atoms with Crippen molar-refractivity contribution in [3.05, 3.63) is 59.4 Å². The van der Waals surface area contributed by atoms with E-state index in [1.807, 2.05) is 20.2 Å². The van der Waals surface area contributed by atoms with Gasteiger partial charge in [-0.2, -0.15) is 0 Å². The predicted octanol–water partition coefficient (Wildman–Crippen LogP) is 3.99. The highest BCUT2D eigenvalue weighted by Crippen LogP contribution is 2.35. The zero-order valence-corrected chi connectivity index (χ0v) is 11.9. The average molecular weight is 270 g/mol. The average Bonchev–Trinajstić information content (AvgIpc) is 2.84. The Kier molecular flexibility index (Phi) is 3.35. The van der Waals surface area contributed by atoms with Crippen LogP contribution in [0.4, 0.5) is 15.8 Å². The number of nitrogens with one attached hydrogen (secondary N) is 1. The number of hydrogen-bond donors (Lipinski definition) is 1. The van der Waals surface area contributed by atoms with Gasteiger partial charge < -0.3 is 10.2 Å². The molecule has 3 heteroatoms. The molecule has 1 aliphatic carbocycles. The highest BCUT2D eigenvalue weighted by Gasteiger charge is 2.24. The fraction of sp³-hybridized carbons (Fsp3) is 0.294. The molecule has 2 aromatic rings. The molecule has 0 aliphatic heterocycles. The summed E-state index contributed by atoms with van der Waals surface area (Å²) < 4.78 is 13.7. The largest absolute Gasteiger partial charge is 0.378 e. The lowest BCUT2D eigenvalue weighted by Crippen LogP contribution is -2.09. The Bertz CT molecular complexity index is 605. The number of halogens is 1. The van der Waals surface area contributed by atoms with Crippen molar-refractivity contribution < 1.29 is 4.39 Å². The molecule has 0 fully saturated rings. The van der Waals surface area contributed by atoms with Gasteiger partial charge in [-0.3, -0.25) is 0 Å². The quantitative estimate of drug-likeness (QED) is 0.907. The van der Waals surface area contributed by atoms with Gasteiger partial charge in [-0.25, -0.2) is 4.39 Å². The highest BCUT2D eigenvalue weighted by molar-refractivity contribution is 5.56. The molecule has 0 bridgehead atoms. The first-order valence-electron chi connectivity index (χ1n) is 6.96. The molecule has 1 aliphatic rings. The molecule has 0 heterocycles. The van der Waals surface area contributed by atoms with Gasteiger partial charge in [0.15, 0.2) is 0 Å². The van der Waals surface area contributed by atoms with Crippen LogP contribution in [0.25, 0.3) is 0 Å². The summed E-state index contributed by atoms with van der Waals surface area (Å²) in [6, 6.07) is 13.9. The first-order chi connectivity index (χ1) is 9.65. The summed E-state index contributed by atoms with van der Waals surface area (Å²) in [6.07, 6.45) is 1.77. The SMILES string of the molecule is CN(C)c1ccc(NC2CCc3c(F)cccc32)cc1. The molecule has 3 rings (SSSR count). The third-order valence-electron chi connectivity index (χ3n) is 3.94. The maximum atomic E-state index is 13.7. The van der Waals surface area contributed by atoms with Crippen molar-refractivity contribution in [2.45, 2.75) is 18.9 Å². The molecule has 0 radical (unpaired) electrons. The zero-order valence-electron chi connectivity index (χ0n) is 11.9. The van der Waals surface area contributed by atoms with E-state index in [-0.39, 0.29) is 11.9 Å². The van der Waals surface area contributed by atoms with E-state index in [1.54, 1.807) is 12.1 Å². The third-order valence-corrected chi connectivity index (χ3v) is 3.94. The monoisotopic (exact) mass is 270 g/mol. The number of anilines is 2. The molecule has 1 unspecified atom stereocenters. The Balaban J connectivity index is 1.79. The Hall–Kier alpha value is -2.03. The molecule has 1 N–H and O–H groups in total. The normalized spacial score (nSPS) is 16.9. The summed E-state index contributed by atoms with van der Waals surface area (Å²) in [7, 11) is 4.05. The maximum Gasteiger partial charge on any atom is 0.126 e. The number of hydrogen-bond acceptors (Lipinski definition) is 2. The van der Waals surface area contributed by atoms with Crippen molar-refractivity contribution in [3.63, 3.8) is 0 Å². The standard InChI is InChI=1S/C17H19FN2/c1-20(2)13-8-6-12(7-9-13)19-17-11-10-14-15(17)4-3-5-16(14)18/h3-9,17,19H,10-11H2,1-2H3. The van der Waals surface area contributed by atoms with Gasteiger partial charge in [0, 0.05) is 25.5 Å². The van der Waals surface area contributed by atoms with Crippen molar-refractivity contribution in [2.75, 3.05) is 24.3 Å². The van der Waals surface area contributed by atoms with E-state index in [1.165, 1.54) is 5.69 Å². The Morgan fingerprint density at radius 1 is 1.10 bits per heavy atom. The van der Waals surface area contributed by atoms with Crippen LogP contribution in [-0.2, 0) is 6.42 Å². The van der Waals surface area contributed by atoms with Crippen LogP contribution >= 0.6 is 0 Å². The van der Waals surface area contributed by atoms with E-state index in [2.05, 4.69) is 34.5 Å². The van der Waals surface area contributed by atoms with Gasteiger partial charge in [-0.05, 0) is 54.3 Å². The second-order valence-electron chi connectivity index (χ2n) is 5.48. The molecule has 1 atom stereocenters. The van der Waals surface area contributed by atoms with Crippen molar-refractivity contribution in [3.8, 4) is 0 Å². The van der Waals surface area contributed by atoms with Crippen LogP contribution in [0.5, 0.6) is 0 Å². The van der Waals surface area contributed by atoms with Crippen LogP contribution in [0.15, 0.2) is 42.5 Å². The molecule has 20 heavy (non-hydrogen) atoms. The van der Waals surface area contributed by atoms with Gasteiger partial charge in [-0.1, -0.05) is 12.1 Å². The number of rotatable bonds is 3. The molecular formula is C17H19FN2. The van der Waals surface area contributed by atoms with Crippen LogP contribution in [0.3, 0.4) is 0 Å². The first kappa shape index (κ1) is 13.0. The molecular weight excluding hydrogens is 251 g/mol. The van der Waals surface area contributed by atoms with Crippen LogP contribution in [-0.4, -0.2) is 14.1 Å². The van der Waals surface area contributed by atoms with E-state index in [4.69, 9.17) is 0 Å². The molecule has 2 aromatic carbocycles. The summed E-state index contributed by atoms with van der Waals surface area (Å²) in [5.74, 6) is -0.0743. The summed E-state index contributed by atoms with van der Waals surface area (Å²) in [4.78, 5) is 2.07. The lowest BCUT2D eigenvalue weighted by molar-refractivity contribution is 0.612. The van der Waals surface area contributed by atoms with Crippen LogP contribution < -0.4 is 10.2 Å². The van der Waals surface area contributed by atoms with Crippen molar-refractivity contribution in [2.24, 2.45) is 0 Å². The molecule has 0 aromatic heterocycles. The van der Waals surface area contributed by atoms with E-state index in [0.717, 1.165) is 29.7 Å². The number of benzene rings is 2. The van der Waals surface area contributed by atoms with Gasteiger partial charge in [0.05, 0.1) is 6.04 Å². The Morgan fingerprint density at radius 3 is 2.55 bits per heavy atom. The fourth-order valence-electron chi connectivity index (χ4n) is 2.82. The molecule has 104 valence electrons. The zero-order chi connectivity index (χ0) is 14.1. The highest BCUT2D eigenvalue weighted by atomic mass is 19.1. The van der Waals surface area contributed by atoms with Gasteiger partial charge in [0.1, 0.15) is 5.82 Å². The molecule has 0 amide bonds. The first-order valence-corrected chi connectivity index (χ1v) is 6.96. The molecule has 0 saturated heterocycles. The van der Waals surface area contributed by atoms with E-state index in [9.17, 15) is 4.39 Å². The maximum absolute atomic E-state index is 13.7. The van der Waals surface area contributed by atoms with E-state index >= 15 is 0 Å². The fourth-order valence-corrected chi connectivity index (χ4v) is 2.82. The van der Waals surface area contributed by atoms with Crippen molar-refractivity contribution in [1.82, 2.24) is 0 Å². The van der Waals surface area contributed by atoms with Crippen LogP contribution in [0.1, 0.15) is 23.6 Å². The van der Waals surface area contributed by atoms with Crippen LogP contribution in [0, 0.1) is 5.82 Å². The lowest BCUT2D eigenvalue weighted by Gasteiger charge is -2.17. The lowest BCUT2D eigenvalue weighted by atomic mass is 10.1. The predicted molar refractivity (Wildman–Crippen MR) is 81.9 cm³/mol. The van der Waals surface area contributed by atoms with Gasteiger partial charge >= 0.3 is 0 Å². The second-order valence-corrected chi connectivity index (χ2v) is 5.48. The molecule has 0 spiro atoms. The number of nitrogens with zero attached hydrogens (tertiary/aromatic N) is 1. The smallest absolute Gasteiger partial charge is 0.126 e. The Labute approximate surface area is 119 Å². The summed E-state index contributed by atoms with van der Waals surface area (Å²) >= 11 is 0. The minimum absolute atomic E-state index is 0.0743. The van der Waals surface area contributed by atoms with E-state index in [0.29, 0.717) is 0 Å². The summed E-state index contributed by atoms with van der Waals surface area (Å²) in [5, 5.41) is 3.51. The van der Waals surface area contributed by atoms with Gasteiger partial charge in [-0.15, -0.1) is 0 Å². The third kappa shape index (κ3) is 2.36. The molecule has 0 saturated carbocycles. The van der Waals surface area contributed by atoms with Crippen molar-refractivity contribution >= 4 is 11.4 Å². The summed E-state index contributed by atoms with van der Waals surface area (Å²) in [5.41, 5.74) is 4.22. The Morgan fingerprint density at radius 2 is 1.85 bits per heavy atom. The topological polar surface area (TPSA) is 15.3 Å². The number of fused-ring (bicyclic) bond motifs is 1. The molecule has 2 nitrogen and oxygen atoms in total. The second kappa shape index (κ2) is 5.16. The van der Waals surface area contributed by atoms with E-state index < -0.39 is 0 Å². The van der Waals surface area contributed by atoms with Crippen molar-refractivity contribution in [1.29, 1.82) is 0 Å². The summed E-state index contributed by atoms with van der Waals surface area (Å²) in [6.45, 7) is 0. The van der Waals surface area contributed by atoms with Crippen LogP contribution in [0.2, 0.25) is 0 Å². The van der Waals surface area contributed by atoms with Gasteiger partial charge in [0.2, 0.25) is 0 Å². The minimum atomic E-state index is -0.0743.